The van der Waals surface area contributed by atoms with E-state index in [1.54, 1.807) is 0 Å². The molecule has 0 aromatic rings. The fourth-order valence-electron chi connectivity index (χ4n) is 0.532. The molecule has 0 saturated carbocycles. The number of aliphatic hydroxyl groups is 5. The van der Waals surface area contributed by atoms with E-state index in [1.807, 2.05) is 0 Å². The average Bonchev–Trinajstić information content (AvgIpc) is 2.12. The second-order valence-electron chi connectivity index (χ2n) is 2.23. The van der Waals surface area contributed by atoms with Crippen LogP contribution in [0.4, 0.5) is 0 Å². The third-order valence-corrected chi connectivity index (χ3v) is 1.28. The molecule has 0 saturated heterocycles. The van der Waals surface area contributed by atoms with Crippen molar-refractivity contribution in [3.63, 3.8) is 0 Å². The molecule has 7 nitrogen and oxygen atoms in total. The van der Waals surface area contributed by atoms with E-state index in [0.29, 0.717) is 0 Å². The standard InChI is InChI=1S/C6H10O7/c7-1-2(8)3(9)4(10)5(11)6(12)13/h2-3,7-11H,1H2,(H,12,13)/b5-4+. The lowest BCUT2D eigenvalue weighted by Gasteiger charge is -2.14. The van der Waals surface area contributed by atoms with Gasteiger partial charge in [0.2, 0.25) is 5.76 Å². The first kappa shape index (κ1) is 11.7. The maximum Gasteiger partial charge on any atom is 0.374 e. The highest BCUT2D eigenvalue weighted by molar-refractivity contribution is 5.84. The molecule has 0 spiro atoms. The van der Waals surface area contributed by atoms with Crippen molar-refractivity contribution in [2.75, 3.05) is 6.61 Å². The first-order valence-electron chi connectivity index (χ1n) is 3.24. The van der Waals surface area contributed by atoms with E-state index >= 15 is 0 Å². The molecule has 0 bridgehead atoms. The molecule has 0 aromatic heterocycles. The van der Waals surface area contributed by atoms with Crippen molar-refractivity contribution < 1.29 is 35.4 Å². The second-order valence-corrected chi connectivity index (χ2v) is 2.23. The highest BCUT2D eigenvalue weighted by atomic mass is 16.4. The minimum atomic E-state index is -2.03. The largest absolute Gasteiger partial charge is 0.506 e. The van der Waals surface area contributed by atoms with Crippen LogP contribution < -0.4 is 0 Å². The molecule has 0 aromatic carbocycles. The minimum absolute atomic E-state index is 0.877. The summed E-state index contributed by atoms with van der Waals surface area (Å²) < 4.78 is 0. The maximum absolute atomic E-state index is 10.0. The molecule has 2 unspecified atom stereocenters. The molecule has 0 rings (SSSR count). The number of carbonyl (C=O) groups is 1. The van der Waals surface area contributed by atoms with Gasteiger partial charge in [0.25, 0.3) is 0 Å². The predicted octanol–water partition coefficient (Wildman–Crippen LogP) is -1.89. The summed E-state index contributed by atoms with van der Waals surface area (Å²) in [6.45, 7) is -0.877. The summed E-state index contributed by atoms with van der Waals surface area (Å²) in [5, 5.41) is 51.4. The number of aliphatic hydroxyl groups excluding tert-OH is 5. The minimum Gasteiger partial charge on any atom is -0.506 e. The monoisotopic (exact) mass is 194 g/mol. The van der Waals surface area contributed by atoms with Gasteiger partial charge in [-0.25, -0.2) is 4.79 Å². The van der Waals surface area contributed by atoms with Gasteiger partial charge >= 0.3 is 5.97 Å². The van der Waals surface area contributed by atoms with E-state index in [-0.39, 0.29) is 0 Å². The van der Waals surface area contributed by atoms with Gasteiger partial charge in [0.15, 0.2) is 5.76 Å². The van der Waals surface area contributed by atoms with Gasteiger partial charge in [-0.2, -0.15) is 0 Å². The van der Waals surface area contributed by atoms with Crippen molar-refractivity contribution in [3.05, 3.63) is 11.5 Å². The second kappa shape index (κ2) is 4.65. The lowest BCUT2D eigenvalue weighted by Crippen LogP contribution is -2.32. The van der Waals surface area contributed by atoms with Crippen LogP contribution in [0.1, 0.15) is 0 Å². The fourth-order valence-corrected chi connectivity index (χ4v) is 0.532. The fraction of sp³-hybridized carbons (Fsp3) is 0.500. The van der Waals surface area contributed by atoms with Crippen LogP contribution >= 0.6 is 0 Å². The molecule has 0 radical (unpaired) electrons. The zero-order chi connectivity index (χ0) is 10.6. The van der Waals surface area contributed by atoms with Gasteiger partial charge in [-0.05, 0) is 0 Å². The topological polar surface area (TPSA) is 138 Å². The first-order chi connectivity index (χ1) is 5.91. The van der Waals surface area contributed by atoms with Crippen LogP contribution in [0.15, 0.2) is 11.5 Å². The summed E-state index contributed by atoms with van der Waals surface area (Å²) >= 11 is 0. The Hall–Kier alpha value is -1.31. The molecule has 13 heavy (non-hydrogen) atoms. The maximum atomic E-state index is 10.0. The molecule has 0 aliphatic carbocycles. The van der Waals surface area contributed by atoms with E-state index in [0.717, 1.165) is 0 Å². The van der Waals surface area contributed by atoms with Gasteiger partial charge in [-0.3, -0.25) is 0 Å². The summed E-state index contributed by atoms with van der Waals surface area (Å²) in [6, 6.07) is 0. The molecule has 0 fully saturated rings. The molecular weight excluding hydrogens is 184 g/mol. The van der Waals surface area contributed by atoms with Crippen molar-refractivity contribution in [2.24, 2.45) is 0 Å². The van der Waals surface area contributed by atoms with E-state index in [9.17, 15) is 4.79 Å². The van der Waals surface area contributed by atoms with Crippen LogP contribution in [0.3, 0.4) is 0 Å². The van der Waals surface area contributed by atoms with Crippen molar-refractivity contribution in [3.8, 4) is 0 Å². The van der Waals surface area contributed by atoms with Crippen LogP contribution in [0.25, 0.3) is 0 Å². The lowest BCUT2D eigenvalue weighted by molar-refractivity contribution is -0.136. The number of aliphatic carboxylic acids is 1. The van der Waals surface area contributed by atoms with E-state index in [1.165, 1.54) is 0 Å². The average molecular weight is 194 g/mol. The van der Waals surface area contributed by atoms with Crippen LogP contribution in [0.2, 0.25) is 0 Å². The molecular formula is C6H10O7. The lowest BCUT2D eigenvalue weighted by atomic mass is 10.1. The molecule has 6 N–H and O–H groups in total. The molecule has 0 aliphatic heterocycles. The van der Waals surface area contributed by atoms with Crippen LogP contribution in [-0.4, -0.2) is 55.4 Å². The Morgan fingerprint density at radius 3 is 1.92 bits per heavy atom. The van der Waals surface area contributed by atoms with Gasteiger partial charge < -0.3 is 30.6 Å². The molecule has 2 atom stereocenters. The van der Waals surface area contributed by atoms with E-state index in [4.69, 9.17) is 30.6 Å². The van der Waals surface area contributed by atoms with Crippen molar-refractivity contribution in [1.29, 1.82) is 0 Å². The Morgan fingerprint density at radius 1 is 1.15 bits per heavy atom. The summed E-state index contributed by atoms with van der Waals surface area (Å²) in [5.74, 6) is -4.62. The number of carboxylic acids is 1. The van der Waals surface area contributed by atoms with Gasteiger partial charge in [0.1, 0.15) is 12.2 Å². The zero-order valence-corrected chi connectivity index (χ0v) is 6.45. The highest BCUT2D eigenvalue weighted by Gasteiger charge is 2.25. The molecule has 0 heterocycles. The van der Waals surface area contributed by atoms with Crippen LogP contribution in [0, 0.1) is 0 Å². The normalized spacial score (nSPS) is 17.5. The van der Waals surface area contributed by atoms with Crippen molar-refractivity contribution >= 4 is 5.97 Å². The van der Waals surface area contributed by atoms with E-state index < -0.39 is 36.3 Å². The first-order valence-corrected chi connectivity index (χ1v) is 3.24. The molecule has 0 amide bonds. The third-order valence-electron chi connectivity index (χ3n) is 1.28. The van der Waals surface area contributed by atoms with Gasteiger partial charge in [0.05, 0.1) is 6.61 Å². The Kier molecular flexibility index (Phi) is 4.18. The Bertz CT molecular complexity index is 221. The summed E-state index contributed by atoms with van der Waals surface area (Å²) in [7, 11) is 0. The quantitative estimate of drug-likeness (QED) is 0.227. The predicted molar refractivity (Wildman–Crippen MR) is 39.0 cm³/mol. The smallest absolute Gasteiger partial charge is 0.374 e. The Labute approximate surface area is 72.8 Å². The van der Waals surface area contributed by atoms with Crippen LogP contribution in [-0.2, 0) is 4.79 Å². The zero-order valence-electron chi connectivity index (χ0n) is 6.45. The number of hydrogen-bond donors (Lipinski definition) is 6. The summed E-state index contributed by atoms with van der Waals surface area (Å²) in [4.78, 5) is 10.0. The SMILES string of the molecule is O=C(O)/C(O)=C(\O)C(O)C(O)CO. The Balaban J connectivity index is 4.66. The van der Waals surface area contributed by atoms with Crippen molar-refractivity contribution in [2.45, 2.75) is 12.2 Å². The van der Waals surface area contributed by atoms with Gasteiger partial charge in [-0.15, -0.1) is 0 Å². The Morgan fingerprint density at radius 2 is 1.62 bits per heavy atom. The van der Waals surface area contributed by atoms with Crippen molar-refractivity contribution in [1.82, 2.24) is 0 Å². The van der Waals surface area contributed by atoms with Crippen LogP contribution in [0.5, 0.6) is 0 Å². The number of carboxylic acid groups (broad SMARTS) is 1. The highest BCUT2D eigenvalue weighted by Crippen LogP contribution is 2.07. The number of hydrogen-bond acceptors (Lipinski definition) is 6. The van der Waals surface area contributed by atoms with Gasteiger partial charge in [0, 0.05) is 0 Å². The summed E-state index contributed by atoms with van der Waals surface area (Å²) in [6.07, 6.45) is -3.78. The molecule has 7 heteroatoms. The molecule has 0 aliphatic rings. The third kappa shape index (κ3) is 2.90. The molecule has 76 valence electrons. The number of rotatable bonds is 4. The summed E-state index contributed by atoms with van der Waals surface area (Å²) in [5.41, 5.74) is 0. The van der Waals surface area contributed by atoms with Gasteiger partial charge in [-0.1, -0.05) is 0 Å². The van der Waals surface area contributed by atoms with E-state index in [2.05, 4.69) is 0 Å².